The summed E-state index contributed by atoms with van der Waals surface area (Å²) in [5.41, 5.74) is 2.10. The van der Waals surface area contributed by atoms with Gasteiger partial charge in [0.05, 0.1) is 11.5 Å². The van der Waals surface area contributed by atoms with Crippen LogP contribution < -0.4 is 5.32 Å². The summed E-state index contributed by atoms with van der Waals surface area (Å²) >= 11 is 6.13. The SMILES string of the molecule is CNC(c1ccc(C)c(Cl)c1)C1CCS(=O)(=O)C1. The minimum atomic E-state index is -2.85. The molecule has 0 bridgehead atoms. The van der Waals surface area contributed by atoms with E-state index in [2.05, 4.69) is 5.32 Å². The molecular formula is C13H18ClNO2S. The molecule has 0 spiro atoms. The first-order valence-corrected chi connectivity index (χ1v) is 8.26. The van der Waals surface area contributed by atoms with Crippen molar-refractivity contribution in [2.45, 2.75) is 19.4 Å². The molecule has 1 saturated heterocycles. The first kappa shape index (κ1) is 13.8. The lowest BCUT2D eigenvalue weighted by Crippen LogP contribution is -2.26. The summed E-state index contributed by atoms with van der Waals surface area (Å²) < 4.78 is 23.1. The maximum atomic E-state index is 11.6. The van der Waals surface area contributed by atoms with E-state index < -0.39 is 9.84 Å². The van der Waals surface area contributed by atoms with E-state index in [0.29, 0.717) is 5.75 Å². The van der Waals surface area contributed by atoms with E-state index in [1.807, 2.05) is 32.2 Å². The Hall–Kier alpha value is -0.580. The summed E-state index contributed by atoms with van der Waals surface area (Å²) in [6.07, 6.45) is 0.722. The Kier molecular flexibility index (Phi) is 3.99. The van der Waals surface area contributed by atoms with Crippen LogP contribution in [0.2, 0.25) is 5.02 Å². The molecule has 2 unspecified atom stereocenters. The fourth-order valence-corrected chi connectivity index (χ4v) is 4.59. The molecule has 100 valence electrons. The Balaban J connectivity index is 2.26. The second-order valence-corrected chi connectivity index (χ2v) is 7.57. The molecule has 18 heavy (non-hydrogen) atoms. The van der Waals surface area contributed by atoms with Gasteiger partial charge in [-0.1, -0.05) is 23.7 Å². The van der Waals surface area contributed by atoms with Crippen molar-refractivity contribution in [3.8, 4) is 0 Å². The molecule has 1 N–H and O–H groups in total. The van der Waals surface area contributed by atoms with Crippen molar-refractivity contribution in [3.05, 3.63) is 34.3 Å². The predicted molar refractivity (Wildman–Crippen MR) is 74.8 cm³/mol. The van der Waals surface area contributed by atoms with Crippen LogP contribution in [0.25, 0.3) is 0 Å². The lowest BCUT2D eigenvalue weighted by atomic mass is 9.92. The Morgan fingerprint density at radius 1 is 1.44 bits per heavy atom. The van der Waals surface area contributed by atoms with Crippen molar-refractivity contribution in [2.75, 3.05) is 18.6 Å². The Labute approximate surface area is 113 Å². The number of benzene rings is 1. The summed E-state index contributed by atoms with van der Waals surface area (Å²) in [5, 5.41) is 3.95. The fourth-order valence-electron chi connectivity index (χ4n) is 2.56. The first-order valence-electron chi connectivity index (χ1n) is 6.06. The van der Waals surface area contributed by atoms with Crippen LogP contribution in [-0.2, 0) is 9.84 Å². The molecule has 1 aliphatic rings. The summed E-state index contributed by atoms with van der Waals surface area (Å²) in [5.74, 6) is 0.707. The van der Waals surface area contributed by atoms with Crippen molar-refractivity contribution in [1.82, 2.24) is 5.32 Å². The molecule has 3 nitrogen and oxygen atoms in total. The zero-order chi connectivity index (χ0) is 13.3. The average molecular weight is 288 g/mol. The Morgan fingerprint density at radius 2 is 2.17 bits per heavy atom. The number of sulfone groups is 1. The third-order valence-electron chi connectivity index (χ3n) is 3.61. The van der Waals surface area contributed by atoms with Gasteiger partial charge in [-0.15, -0.1) is 0 Å². The summed E-state index contributed by atoms with van der Waals surface area (Å²) in [7, 11) is -0.985. The van der Waals surface area contributed by atoms with Gasteiger partial charge < -0.3 is 5.32 Å². The van der Waals surface area contributed by atoms with Crippen LogP contribution in [0.3, 0.4) is 0 Å². The zero-order valence-corrected chi connectivity index (χ0v) is 12.2. The zero-order valence-electron chi connectivity index (χ0n) is 10.6. The normalized spacial score (nSPS) is 24.1. The van der Waals surface area contributed by atoms with Gasteiger partial charge in [-0.25, -0.2) is 8.42 Å². The molecule has 0 amide bonds. The van der Waals surface area contributed by atoms with Crippen molar-refractivity contribution < 1.29 is 8.42 Å². The predicted octanol–water partition coefficient (Wildman–Crippen LogP) is 2.34. The molecule has 5 heteroatoms. The van der Waals surface area contributed by atoms with Gasteiger partial charge in [0.2, 0.25) is 0 Å². The van der Waals surface area contributed by atoms with E-state index in [0.717, 1.165) is 22.6 Å². The van der Waals surface area contributed by atoms with Crippen molar-refractivity contribution in [1.29, 1.82) is 0 Å². The number of aryl methyl sites for hydroxylation is 1. The molecule has 2 atom stereocenters. The largest absolute Gasteiger partial charge is 0.313 e. The van der Waals surface area contributed by atoms with E-state index in [9.17, 15) is 8.42 Å². The summed E-state index contributed by atoms with van der Waals surface area (Å²) in [6, 6.07) is 5.99. The maximum Gasteiger partial charge on any atom is 0.150 e. The standard InChI is InChI=1S/C13H18ClNO2S/c1-9-3-4-10(7-12(9)14)13(15-2)11-5-6-18(16,17)8-11/h3-4,7,11,13,15H,5-6,8H2,1-2H3. The molecule has 2 rings (SSSR count). The molecule has 1 aromatic carbocycles. The van der Waals surface area contributed by atoms with Gasteiger partial charge in [0.1, 0.15) is 0 Å². The lowest BCUT2D eigenvalue weighted by Gasteiger charge is -2.23. The van der Waals surface area contributed by atoms with Crippen molar-refractivity contribution >= 4 is 21.4 Å². The summed E-state index contributed by atoms with van der Waals surface area (Å²) in [4.78, 5) is 0. The quantitative estimate of drug-likeness (QED) is 0.928. The van der Waals surface area contributed by atoms with Crippen molar-refractivity contribution in [3.63, 3.8) is 0 Å². The highest BCUT2D eigenvalue weighted by molar-refractivity contribution is 7.91. The average Bonchev–Trinajstić information content (AvgIpc) is 2.65. The van der Waals surface area contributed by atoms with Gasteiger partial charge in [0.25, 0.3) is 0 Å². The van der Waals surface area contributed by atoms with Crippen LogP contribution in [0.5, 0.6) is 0 Å². The van der Waals surface area contributed by atoms with Gasteiger partial charge >= 0.3 is 0 Å². The lowest BCUT2D eigenvalue weighted by molar-refractivity contribution is 0.418. The number of halogens is 1. The second kappa shape index (κ2) is 5.19. The number of hydrogen-bond donors (Lipinski definition) is 1. The fraction of sp³-hybridized carbons (Fsp3) is 0.538. The van der Waals surface area contributed by atoms with E-state index in [4.69, 9.17) is 11.6 Å². The molecule has 1 heterocycles. The highest BCUT2D eigenvalue weighted by Crippen LogP contribution is 2.32. The molecule has 0 radical (unpaired) electrons. The summed E-state index contributed by atoms with van der Waals surface area (Å²) in [6.45, 7) is 1.96. The third-order valence-corrected chi connectivity index (χ3v) is 5.81. The maximum absolute atomic E-state index is 11.6. The number of hydrogen-bond acceptors (Lipinski definition) is 3. The number of rotatable bonds is 3. The highest BCUT2D eigenvalue weighted by Gasteiger charge is 2.33. The smallest absolute Gasteiger partial charge is 0.150 e. The van der Waals surface area contributed by atoms with Crippen LogP contribution in [0.15, 0.2) is 18.2 Å². The van der Waals surface area contributed by atoms with Gasteiger partial charge in [-0.05, 0) is 43.5 Å². The van der Waals surface area contributed by atoms with Gasteiger partial charge in [0.15, 0.2) is 9.84 Å². The van der Waals surface area contributed by atoms with Crippen LogP contribution in [0.4, 0.5) is 0 Å². The van der Waals surface area contributed by atoms with Crippen molar-refractivity contribution in [2.24, 2.45) is 5.92 Å². The van der Waals surface area contributed by atoms with Gasteiger partial charge in [0, 0.05) is 11.1 Å². The molecule has 1 fully saturated rings. The molecular weight excluding hydrogens is 270 g/mol. The van der Waals surface area contributed by atoms with Gasteiger partial charge in [-0.2, -0.15) is 0 Å². The molecule has 0 aliphatic carbocycles. The van der Waals surface area contributed by atoms with Crippen LogP contribution >= 0.6 is 11.6 Å². The van der Waals surface area contributed by atoms with E-state index in [1.165, 1.54) is 0 Å². The monoisotopic (exact) mass is 287 g/mol. The second-order valence-electron chi connectivity index (χ2n) is 4.94. The van der Waals surface area contributed by atoms with E-state index in [-0.39, 0.29) is 17.7 Å². The molecule has 1 aliphatic heterocycles. The van der Waals surface area contributed by atoms with Gasteiger partial charge in [-0.3, -0.25) is 0 Å². The third kappa shape index (κ3) is 2.87. The molecule has 0 aromatic heterocycles. The van der Waals surface area contributed by atoms with Crippen LogP contribution in [0.1, 0.15) is 23.6 Å². The first-order chi connectivity index (χ1) is 8.43. The van der Waals surface area contributed by atoms with Crippen LogP contribution in [-0.4, -0.2) is 27.0 Å². The minimum absolute atomic E-state index is 0.0559. The minimum Gasteiger partial charge on any atom is -0.313 e. The number of nitrogens with one attached hydrogen (secondary N) is 1. The topological polar surface area (TPSA) is 46.2 Å². The highest BCUT2D eigenvalue weighted by atomic mass is 35.5. The molecule has 1 aromatic rings. The Bertz CT molecular complexity index is 542. The van der Waals surface area contributed by atoms with E-state index in [1.54, 1.807) is 0 Å². The molecule has 0 saturated carbocycles. The van der Waals surface area contributed by atoms with E-state index >= 15 is 0 Å². The Morgan fingerprint density at radius 3 is 2.67 bits per heavy atom. The van der Waals surface area contributed by atoms with Crippen LogP contribution in [0, 0.1) is 12.8 Å².